The Hall–Kier alpha value is -2.39. The molecule has 0 radical (unpaired) electrons. The number of benzene rings is 2. The Morgan fingerprint density at radius 3 is 2.50 bits per heavy atom. The van der Waals surface area contributed by atoms with E-state index in [0.29, 0.717) is 24.2 Å². The summed E-state index contributed by atoms with van der Waals surface area (Å²) in [5.74, 6) is -0.580. The molecule has 2 N–H and O–H groups in total. The van der Waals surface area contributed by atoms with E-state index in [4.69, 9.17) is 9.49 Å². The second kappa shape index (κ2) is 8.82. The molecule has 1 heterocycles. The number of hydrogen-bond donors (Lipinski definition) is 2. The van der Waals surface area contributed by atoms with E-state index in [2.05, 4.69) is 10.2 Å². The maximum absolute atomic E-state index is 12.4. The minimum absolute atomic E-state index is 0.121. The molecule has 2 aromatic rings. The van der Waals surface area contributed by atoms with Crippen LogP contribution in [0.15, 0.2) is 42.5 Å². The van der Waals surface area contributed by atoms with Crippen LogP contribution < -0.4 is 20.5 Å². The van der Waals surface area contributed by atoms with E-state index in [1.165, 1.54) is 18.2 Å². The fourth-order valence-corrected chi connectivity index (χ4v) is 2.34. The first-order valence-corrected chi connectivity index (χ1v) is 8.12. The average Bonchev–Trinajstić information content (AvgIpc) is 2.62. The van der Waals surface area contributed by atoms with Crippen molar-refractivity contribution in [3.05, 3.63) is 48.0 Å². The molecule has 0 aromatic heterocycles. The van der Waals surface area contributed by atoms with Gasteiger partial charge in [-0.3, -0.25) is 0 Å². The van der Waals surface area contributed by atoms with Crippen LogP contribution >= 0.6 is 0 Å². The molecule has 0 unspecified atom stereocenters. The van der Waals surface area contributed by atoms with Crippen LogP contribution in [0.3, 0.4) is 0 Å². The van der Waals surface area contributed by atoms with Crippen molar-refractivity contribution in [1.29, 1.82) is 0 Å². The predicted molar refractivity (Wildman–Crippen MR) is 92.4 cm³/mol. The number of halogens is 3. The summed E-state index contributed by atoms with van der Waals surface area (Å²) in [5, 5.41) is 9.81. The quantitative estimate of drug-likeness (QED) is 0.640. The van der Waals surface area contributed by atoms with Crippen LogP contribution in [0.1, 0.15) is 19.4 Å². The number of nitrogens with one attached hydrogen (secondary N) is 1. The van der Waals surface area contributed by atoms with Gasteiger partial charge in [0.05, 0.1) is 5.69 Å². The molecule has 5 nitrogen and oxygen atoms in total. The summed E-state index contributed by atoms with van der Waals surface area (Å²) in [6, 6.07) is 10.5. The highest BCUT2D eigenvalue weighted by Crippen LogP contribution is 2.31. The van der Waals surface area contributed by atoms with Gasteiger partial charge < -0.3 is 19.3 Å². The summed E-state index contributed by atoms with van der Waals surface area (Å²) in [6.45, 7) is 4.43. The van der Waals surface area contributed by atoms with E-state index in [0.717, 1.165) is 11.6 Å². The monoisotopic (exact) mass is 369 g/mol. The summed E-state index contributed by atoms with van der Waals surface area (Å²) in [7, 11) is -1.03. The van der Waals surface area contributed by atoms with Crippen molar-refractivity contribution >= 4 is 18.3 Å². The van der Waals surface area contributed by atoms with E-state index >= 15 is 0 Å². The maximum Gasteiger partial charge on any atom is 0.573 e. The van der Waals surface area contributed by atoms with Crippen molar-refractivity contribution in [2.24, 2.45) is 0 Å². The summed E-state index contributed by atoms with van der Waals surface area (Å²) in [4.78, 5) is 5.20. The van der Waals surface area contributed by atoms with Crippen LogP contribution in [0.2, 0.25) is 0 Å². The smallest absolute Gasteiger partial charge is 0.423 e. The van der Waals surface area contributed by atoms with Crippen molar-refractivity contribution in [2.45, 2.75) is 26.6 Å². The van der Waals surface area contributed by atoms with Gasteiger partial charge in [-0.25, -0.2) is 5.48 Å². The first-order chi connectivity index (χ1) is 12.4. The average molecular weight is 369 g/mol. The van der Waals surface area contributed by atoms with Gasteiger partial charge in [0.15, 0.2) is 11.5 Å². The summed E-state index contributed by atoms with van der Waals surface area (Å²) in [5.41, 5.74) is 4.54. The zero-order valence-electron chi connectivity index (χ0n) is 14.3. The molecule has 0 aliphatic carbocycles. The highest BCUT2D eigenvalue weighted by atomic mass is 19.4. The van der Waals surface area contributed by atoms with Crippen LogP contribution in [-0.4, -0.2) is 25.1 Å². The highest BCUT2D eigenvalue weighted by Gasteiger charge is 2.32. The molecule has 0 bridgehead atoms. The summed E-state index contributed by atoms with van der Waals surface area (Å²) in [6.07, 6.45) is -4.14. The molecule has 0 saturated carbocycles. The molecule has 0 spiro atoms. The van der Waals surface area contributed by atoms with Gasteiger partial charge in [-0.15, -0.1) is 13.2 Å². The van der Waals surface area contributed by atoms with Gasteiger partial charge in [0, 0.05) is 6.61 Å². The van der Waals surface area contributed by atoms with Gasteiger partial charge in [0.25, 0.3) is 0 Å². The Morgan fingerprint density at radius 1 is 1.12 bits per heavy atom. The third-order valence-corrected chi connectivity index (χ3v) is 3.41. The Labute approximate surface area is 149 Å². The van der Waals surface area contributed by atoms with Crippen molar-refractivity contribution < 1.29 is 32.4 Å². The standard InChI is InChI=1S/C15H13BF3NO4.C2H6/c17-15(18,19)23-13-3-1-2-4-14(13)24-20-11-6-5-10-7-8-22-16(21)12(10)9-11;1-2/h1-6,9,20-21H,7-8H2;1-2H3. The van der Waals surface area contributed by atoms with Crippen LogP contribution in [0.25, 0.3) is 0 Å². The molecule has 0 saturated heterocycles. The lowest BCUT2D eigenvalue weighted by Gasteiger charge is -2.20. The normalized spacial score (nSPS) is 13.2. The summed E-state index contributed by atoms with van der Waals surface area (Å²) < 4.78 is 46.2. The van der Waals surface area contributed by atoms with Crippen molar-refractivity contribution in [3.8, 4) is 11.5 Å². The van der Waals surface area contributed by atoms with Gasteiger partial charge in [-0.05, 0) is 41.7 Å². The maximum atomic E-state index is 12.4. The number of para-hydroxylation sites is 2. The zero-order valence-corrected chi connectivity index (χ0v) is 14.3. The van der Waals surface area contributed by atoms with E-state index in [1.54, 1.807) is 18.2 Å². The molecular weight excluding hydrogens is 350 g/mol. The van der Waals surface area contributed by atoms with E-state index < -0.39 is 19.2 Å². The number of alkyl halides is 3. The van der Waals surface area contributed by atoms with E-state index in [9.17, 15) is 18.2 Å². The third kappa shape index (κ3) is 5.30. The largest absolute Gasteiger partial charge is 0.573 e. The van der Waals surface area contributed by atoms with Gasteiger partial charge >= 0.3 is 13.5 Å². The Balaban J connectivity index is 0.00000117. The molecule has 140 valence electrons. The van der Waals surface area contributed by atoms with E-state index in [1.807, 2.05) is 13.8 Å². The lowest BCUT2D eigenvalue weighted by atomic mass is 9.73. The molecule has 0 fully saturated rings. The Kier molecular flexibility index (Phi) is 6.76. The zero-order chi connectivity index (χ0) is 19.2. The lowest BCUT2D eigenvalue weighted by Crippen LogP contribution is -2.41. The van der Waals surface area contributed by atoms with Gasteiger partial charge in [-0.1, -0.05) is 32.0 Å². The van der Waals surface area contributed by atoms with Crippen molar-refractivity contribution in [3.63, 3.8) is 0 Å². The second-order valence-corrected chi connectivity index (χ2v) is 5.09. The number of ether oxygens (including phenoxy) is 1. The van der Waals surface area contributed by atoms with Crippen molar-refractivity contribution in [2.75, 3.05) is 12.1 Å². The van der Waals surface area contributed by atoms with E-state index in [-0.39, 0.29) is 5.75 Å². The molecule has 9 heteroatoms. The molecule has 1 aliphatic rings. The fourth-order valence-electron chi connectivity index (χ4n) is 2.34. The first-order valence-electron chi connectivity index (χ1n) is 8.12. The summed E-state index contributed by atoms with van der Waals surface area (Å²) >= 11 is 0. The topological polar surface area (TPSA) is 60.0 Å². The minimum atomic E-state index is -4.81. The Bertz CT molecular complexity index is 727. The Morgan fingerprint density at radius 2 is 1.81 bits per heavy atom. The number of anilines is 1. The van der Waals surface area contributed by atoms with Crippen LogP contribution in [0.4, 0.5) is 18.9 Å². The molecule has 2 aromatic carbocycles. The van der Waals surface area contributed by atoms with Crippen LogP contribution in [0, 0.1) is 0 Å². The first kappa shape index (κ1) is 19.9. The predicted octanol–water partition coefficient (Wildman–Crippen LogP) is 3.28. The minimum Gasteiger partial charge on any atom is -0.423 e. The SMILES string of the molecule is CC.OB1OCCc2ccc(NOc3ccccc3OC(F)(F)F)cc21. The van der Waals surface area contributed by atoms with Crippen LogP contribution in [-0.2, 0) is 11.1 Å². The molecular formula is C17H19BF3NO4. The number of hydrogen-bond acceptors (Lipinski definition) is 5. The molecule has 26 heavy (non-hydrogen) atoms. The van der Waals surface area contributed by atoms with Gasteiger partial charge in [0.1, 0.15) is 0 Å². The number of rotatable bonds is 4. The van der Waals surface area contributed by atoms with Crippen LogP contribution in [0.5, 0.6) is 11.5 Å². The molecule has 1 aliphatic heterocycles. The lowest BCUT2D eigenvalue weighted by molar-refractivity contribution is -0.275. The number of fused-ring (bicyclic) bond motifs is 1. The van der Waals surface area contributed by atoms with Gasteiger partial charge in [-0.2, -0.15) is 0 Å². The molecule has 0 atom stereocenters. The highest BCUT2D eigenvalue weighted by molar-refractivity contribution is 6.61. The van der Waals surface area contributed by atoms with Crippen molar-refractivity contribution in [1.82, 2.24) is 0 Å². The fraction of sp³-hybridized carbons (Fsp3) is 0.294. The molecule has 3 rings (SSSR count). The molecule has 0 amide bonds. The van der Waals surface area contributed by atoms with Gasteiger partial charge in [0.2, 0.25) is 0 Å². The second-order valence-electron chi connectivity index (χ2n) is 5.09. The third-order valence-electron chi connectivity index (χ3n) is 3.41.